The second-order valence-electron chi connectivity index (χ2n) is 7.25. The normalized spacial score (nSPS) is 19.8. The Morgan fingerprint density at radius 3 is 2.47 bits per heavy atom. The molecule has 7 nitrogen and oxygen atoms in total. The van der Waals surface area contributed by atoms with Gasteiger partial charge in [-0.25, -0.2) is 0 Å². The molecule has 0 saturated carbocycles. The van der Waals surface area contributed by atoms with Crippen LogP contribution in [0.5, 0.6) is 0 Å². The van der Waals surface area contributed by atoms with Crippen molar-refractivity contribution in [2.45, 2.75) is 38.6 Å². The number of hydrogen-bond donors (Lipinski definition) is 1. The summed E-state index contributed by atoms with van der Waals surface area (Å²) >= 11 is 1.10. The predicted octanol–water partition coefficient (Wildman–Crippen LogP) is 2.95. The number of nitrogens with zero attached hydrogens (tertiary/aromatic N) is 3. The summed E-state index contributed by atoms with van der Waals surface area (Å²) in [6.07, 6.45) is 0.792. The smallest absolute Gasteiger partial charge is 0.271 e. The Morgan fingerprint density at radius 1 is 1.10 bits per heavy atom. The van der Waals surface area contributed by atoms with E-state index in [1.165, 1.54) is 18.9 Å². The maximum Gasteiger partial charge on any atom is 0.271 e. The van der Waals surface area contributed by atoms with Gasteiger partial charge in [0.25, 0.3) is 5.91 Å². The first kappa shape index (κ1) is 20.2. The van der Waals surface area contributed by atoms with Gasteiger partial charge in [0.2, 0.25) is 16.7 Å². The van der Waals surface area contributed by atoms with Gasteiger partial charge in [-0.05, 0) is 41.4 Å². The first-order chi connectivity index (χ1) is 14.4. The molecule has 2 heterocycles. The Balaban J connectivity index is 1.85. The molecule has 1 N–H and O–H groups in total. The van der Waals surface area contributed by atoms with Crippen LogP contribution in [0, 0.1) is 0 Å². The number of anilines is 1. The van der Waals surface area contributed by atoms with Crippen molar-refractivity contribution < 1.29 is 14.4 Å². The number of hydrogen-bond acceptors (Lipinski definition) is 5. The Kier molecular flexibility index (Phi) is 5.11. The van der Waals surface area contributed by atoms with Crippen molar-refractivity contribution in [3.8, 4) is 0 Å². The lowest BCUT2D eigenvalue weighted by Gasteiger charge is -2.29. The minimum atomic E-state index is -1.36. The summed E-state index contributed by atoms with van der Waals surface area (Å²) in [4.78, 5) is 38.3. The summed E-state index contributed by atoms with van der Waals surface area (Å²) in [6.45, 7) is 5.16. The molecule has 2 aromatic carbocycles. The number of carbonyl (C=O) groups is 3. The maximum absolute atomic E-state index is 13.9. The van der Waals surface area contributed by atoms with Crippen molar-refractivity contribution in [3.63, 3.8) is 0 Å². The quantitative estimate of drug-likeness (QED) is 0.825. The molecule has 0 aliphatic carbocycles. The maximum atomic E-state index is 13.9. The highest BCUT2D eigenvalue weighted by molar-refractivity contribution is 8.15. The fourth-order valence-electron chi connectivity index (χ4n) is 3.80. The highest BCUT2D eigenvalue weighted by Gasteiger charge is 2.61. The second kappa shape index (κ2) is 7.60. The van der Waals surface area contributed by atoms with Gasteiger partial charge in [0.15, 0.2) is 5.17 Å². The van der Waals surface area contributed by atoms with Crippen LogP contribution in [0.2, 0.25) is 0 Å². The number of benzene rings is 2. The van der Waals surface area contributed by atoms with Crippen LogP contribution in [0.1, 0.15) is 37.5 Å². The number of aryl methyl sites for hydroxylation is 1. The van der Waals surface area contributed by atoms with Gasteiger partial charge in [0.05, 0.1) is 12.2 Å². The van der Waals surface area contributed by atoms with Gasteiger partial charge in [0, 0.05) is 19.4 Å². The standard InChI is InChI=1S/C22H22N4O3S/c1-4-16-10-11-19-18(12-16)22(20(29)25(19)13-17-8-6-5-7-9-17)26(15(3)28)24-21(30-22)23-14(2)27/h5-12H,4,13H2,1-3H3,(H,23,24,27). The van der Waals surface area contributed by atoms with Crippen LogP contribution in [-0.2, 0) is 32.2 Å². The second-order valence-corrected chi connectivity index (χ2v) is 8.43. The van der Waals surface area contributed by atoms with E-state index < -0.39 is 4.87 Å². The van der Waals surface area contributed by atoms with Crippen molar-refractivity contribution in [2.24, 2.45) is 5.10 Å². The molecular weight excluding hydrogens is 400 g/mol. The van der Waals surface area contributed by atoms with Crippen LogP contribution in [0.15, 0.2) is 53.6 Å². The average molecular weight is 423 g/mol. The zero-order valence-corrected chi connectivity index (χ0v) is 17.8. The minimum Gasteiger partial charge on any atom is -0.304 e. The highest BCUT2D eigenvalue weighted by Crippen LogP contribution is 2.55. The molecule has 154 valence electrons. The van der Waals surface area contributed by atoms with E-state index in [-0.39, 0.29) is 22.9 Å². The van der Waals surface area contributed by atoms with E-state index in [1.54, 1.807) is 4.90 Å². The monoisotopic (exact) mass is 422 g/mol. The first-order valence-electron chi connectivity index (χ1n) is 9.72. The molecule has 0 fully saturated rings. The summed E-state index contributed by atoms with van der Waals surface area (Å²) in [6, 6.07) is 15.6. The van der Waals surface area contributed by atoms with Gasteiger partial charge < -0.3 is 10.2 Å². The first-order valence-corrected chi connectivity index (χ1v) is 10.5. The Hall–Kier alpha value is -3.13. The summed E-state index contributed by atoms with van der Waals surface area (Å²) in [7, 11) is 0. The average Bonchev–Trinajstić information content (AvgIpc) is 3.20. The number of hydrazone groups is 1. The minimum absolute atomic E-state index is 0.237. The van der Waals surface area contributed by atoms with Crippen LogP contribution in [0.3, 0.4) is 0 Å². The molecule has 2 aliphatic heterocycles. The van der Waals surface area contributed by atoms with E-state index in [0.717, 1.165) is 35.0 Å². The van der Waals surface area contributed by atoms with E-state index in [1.807, 2.05) is 55.5 Å². The van der Waals surface area contributed by atoms with Crippen molar-refractivity contribution in [1.82, 2.24) is 10.3 Å². The number of fused-ring (bicyclic) bond motifs is 2. The lowest BCUT2D eigenvalue weighted by atomic mass is 10.0. The molecule has 4 rings (SSSR count). The molecule has 2 aliphatic rings. The van der Waals surface area contributed by atoms with Gasteiger partial charge in [-0.2, -0.15) is 5.01 Å². The number of thioether (sulfide) groups is 1. The van der Waals surface area contributed by atoms with Crippen molar-refractivity contribution in [1.29, 1.82) is 0 Å². The third-order valence-electron chi connectivity index (χ3n) is 5.16. The fourth-order valence-corrected chi connectivity index (χ4v) is 5.13. The Bertz CT molecular complexity index is 1070. The zero-order chi connectivity index (χ0) is 21.5. The Labute approximate surface area is 179 Å². The molecule has 1 atom stereocenters. The molecule has 3 amide bonds. The van der Waals surface area contributed by atoms with E-state index in [4.69, 9.17) is 0 Å². The summed E-state index contributed by atoms with van der Waals surface area (Å²) in [5.74, 6) is -0.930. The number of rotatable bonds is 3. The number of nitrogens with one attached hydrogen (secondary N) is 1. The molecule has 2 aromatic rings. The van der Waals surface area contributed by atoms with Gasteiger partial charge in [-0.3, -0.25) is 14.4 Å². The predicted molar refractivity (Wildman–Crippen MR) is 116 cm³/mol. The van der Waals surface area contributed by atoms with Gasteiger partial charge >= 0.3 is 0 Å². The molecule has 0 radical (unpaired) electrons. The summed E-state index contributed by atoms with van der Waals surface area (Å²) < 4.78 is 0. The molecule has 8 heteroatoms. The van der Waals surface area contributed by atoms with E-state index in [0.29, 0.717) is 12.1 Å². The Morgan fingerprint density at radius 2 is 1.83 bits per heavy atom. The van der Waals surface area contributed by atoms with Crippen molar-refractivity contribution >= 4 is 40.3 Å². The third kappa shape index (κ3) is 3.17. The van der Waals surface area contributed by atoms with Crippen molar-refractivity contribution in [3.05, 3.63) is 65.2 Å². The SMILES string of the molecule is CCc1ccc2c(c1)C1(SC(NC(C)=O)=NN1C(C)=O)C(=O)N2Cc1ccccc1. The summed E-state index contributed by atoms with van der Waals surface area (Å²) in [5, 5.41) is 8.36. The number of carbonyl (C=O) groups excluding carboxylic acids is 3. The van der Waals surface area contributed by atoms with Crippen LogP contribution in [0.25, 0.3) is 0 Å². The third-order valence-corrected chi connectivity index (χ3v) is 6.40. The van der Waals surface area contributed by atoms with Gasteiger partial charge in [-0.15, -0.1) is 5.10 Å². The molecule has 30 heavy (non-hydrogen) atoms. The lowest BCUT2D eigenvalue weighted by molar-refractivity contribution is -0.139. The molecular formula is C22H22N4O3S. The van der Waals surface area contributed by atoms with E-state index >= 15 is 0 Å². The molecule has 0 bridgehead atoms. The number of amidine groups is 1. The molecule has 1 spiro atoms. The van der Waals surface area contributed by atoms with Crippen LogP contribution >= 0.6 is 11.8 Å². The van der Waals surface area contributed by atoms with E-state index in [2.05, 4.69) is 10.4 Å². The van der Waals surface area contributed by atoms with Crippen LogP contribution in [0.4, 0.5) is 5.69 Å². The highest BCUT2D eigenvalue weighted by atomic mass is 32.2. The molecule has 1 unspecified atom stereocenters. The van der Waals surface area contributed by atoms with Crippen molar-refractivity contribution in [2.75, 3.05) is 4.90 Å². The van der Waals surface area contributed by atoms with Gasteiger partial charge in [0.1, 0.15) is 0 Å². The van der Waals surface area contributed by atoms with E-state index in [9.17, 15) is 14.4 Å². The fraction of sp³-hybridized carbons (Fsp3) is 0.273. The largest absolute Gasteiger partial charge is 0.304 e. The molecule has 0 aromatic heterocycles. The summed E-state index contributed by atoms with van der Waals surface area (Å²) in [5.41, 5.74) is 3.50. The van der Waals surface area contributed by atoms with Gasteiger partial charge in [-0.1, -0.05) is 43.3 Å². The molecule has 0 saturated heterocycles. The number of amides is 3. The zero-order valence-electron chi connectivity index (χ0n) is 17.0. The van der Waals surface area contributed by atoms with Crippen LogP contribution in [-0.4, -0.2) is 27.9 Å². The topological polar surface area (TPSA) is 82.1 Å². The van der Waals surface area contributed by atoms with Crippen LogP contribution < -0.4 is 10.2 Å². The lowest BCUT2D eigenvalue weighted by Crippen LogP contribution is -2.48.